The first-order chi connectivity index (χ1) is 9.72. The minimum absolute atomic E-state index is 0.252. The van der Waals surface area contributed by atoms with E-state index in [1.54, 1.807) is 12.4 Å². The molecule has 20 heavy (non-hydrogen) atoms. The van der Waals surface area contributed by atoms with E-state index in [-0.39, 0.29) is 6.79 Å². The number of fused-ring (bicyclic) bond motifs is 1. The van der Waals surface area contributed by atoms with Gasteiger partial charge in [0.2, 0.25) is 0 Å². The molecule has 0 saturated heterocycles. The first-order valence-corrected chi connectivity index (χ1v) is 6.87. The van der Waals surface area contributed by atoms with Gasteiger partial charge in [-0.2, -0.15) is 0 Å². The Kier molecular flexibility index (Phi) is 3.75. The van der Waals surface area contributed by atoms with Crippen LogP contribution in [0.25, 0.3) is 0 Å². The average molecular weight is 337 g/mol. The third-order valence-electron chi connectivity index (χ3n) is 2.88. The maximum Gasteiger partial charge on any atom is 0.189 e. The molecule has 0 aliphatic carbocycles. The summed E-state index contributed by atoms with van der Waals surface area (Å²) in [5.41, 5.74) is 8.41. The SMILES string of the molecule is Nc1cc2c(c(COc3cncc(Br)c3)c1)OCOC2. The Morgan fingerprint density at radius 3 is 3.05 bits per heavy atom. The minimum atomic E-state index is 0.252. The van der Waals surface area contributed by atoms with Gasteiger partial charge in [0.1, 0.15) is 18.1 Å². The molecule has 5 nitrogen and oxygen atoms in total. The third kappa shape index (κ3) is 2.86. The maximum absolute atomic E-state index is 5.89. The van der Waals surface area contributed by atoms with E-state index in [1.165, 1.54) is 0 Å². The van der Waals surface area contributed by atoms with Crippen LogP contribution in [0.4, 0.5) is 5.69 Å². The highest BCUT2D eigenvalue weighted by Gasteiger charge is 2.16. The number of rotatable bonds is 3. The lowest BCUT2D eigenvalue weighted by Gasteiger charge is -2.21. The van der Waals surface area contributed by atoms with Crippen LogP contribution in [0.3, 0.4) is 0 Å². The molecule has 0 unspecified atom stereocenters. The molecule has 2 N–H and O–H groups in total. The Morgan fingerprint density at radius 1 is 1.30 bits per heavy atom. The Labute approximate surface area is 124 Å². The lowest BCUT2D eigenvalue weighted by Crippen LogP contribution is -2.14. The van der Waals surface area contributed by atoms with Gasteiger partial charge in [-0.15, -0.1) is 0 Å². The van der Waals surface area contributed by atoms with Crippen molar-refractivity contribution in [1.29, 1.82) is 0 Å². The van der Waals surface area contributed by atoms with Crippen LogP contribution in [0.15, 0.2) is 35.1 Å². The number of aromatic nitrogens is 1. The summed E-state index contributed by atoms with van der Waals surface area (Å²) in [5, 5.41) is 0. The van der Waals surface area contributed by atoms with Crippen molar-refractivity contribution in [2.45, 2.75) is 13.2 Å². The fourth-order valence-corrected chi connectivity index (χ4v) is 2.41. The number of nitrogens with zero attached hydrogens (tertiary/aromatic N) is 1. The first kappa shape index (κ1) is 13.2. The number of nitrogen functional groups attached to an aromatic ring is 1. The van der Waals surface area contributed by atoms with E-state index in [4.69, 9.17) is 19.9 Å². The number of nitrogens with two attached hydrogens (primary N) is 1. The Balaban J connectivity index is 1.82. The number of ether oxygens (including phenoxy) is 3. The predicted octanol–water partition coefficient (Wildman–Crippen LogP) is 2.87. The second-order valence-corrected chi connectivity index (χ2v) is 5.32. The molecule has 0 radical (unpaired) electrons. The summed E-state index contributed by atoms with van der Waals surface area (Å²) < 4.78 is 17.4. The predicted molar refractivity (Wildman–Crippen MR) is 77.4 cm³/mol. The monoisotopic (exact) mass is 336 g/mol. The number of benzene rings is 1. The molecule has 2 heterocycles. The van der Waals surface area contributed by atoms with Crippen LogP contribution in [0, 0.1) is 0 Å². The zero-order chi connectivity index (χ0) is 13.9. The van der Waals surface area contributed by atoms with Crippen molar-refractivity contribution < 1.29 is 14.2 Å². The van der Waals surface area contributed by atoms with E-state index in [2.05, 4.69) is 20.9 Å². The summed E-state index contributed by atoms with van der Waals surface area (Å²) in [6, 6.07) is 5.57. The molecule has 1 aliphatic heterocycles. The molecule has 0 amide bonds. The van der Waals surface area contributed by atoms with Crippen LogP contribution >= 0.6 is 15.9 Å². The van der Waals surface area contributed by atoms with E-state index in [0.717, 1.165) is 21.3 Å². The van der Waals surface area contributed by atoms with Crippen LogP contribution in [-0.2, 0) is 18.0 Å². The molecule has 1 aromatic carbocycles. The zero-order valence-corrected chi connectivity index (χ0v) is 12.2. The van der Waals surface area contributed by atoms with E-state index in [9.17, 15) is 0 Å². The quantitative estimate of drug-likeness (QED) is 0.873. The fraction of sp³-hybridized carbons (Fsp3) is 0.214. The van der Waals surface area contributed by atoms with Crippen molar-refractivity contribution in [2.24, 2.45) is 0 Å². The lowest BCUT2D eigenvalue weighted by molar-refractivity contribution is -0.0175. The molecule has 0 bridgehead atoms. The van der Waals surface area contributed by atoms with E-state index < -0.39 is 0 Å². The van der Waals surface area contributed by atoms with Crippen LogP contribution in [0.2, 0.25) is 0 Å². The second kappa shape index (κ2) is 5.68. The molecule has 0 spiro atoms. The molecular weight excluding hydrogens is 324 g/mol. The smallest absolute Gasteiger partial charge is 0.189 e. The third-order valence-corrected chi connectivity index (χ3v) is 3.32. The zero-order valence-electron chi connectivity index (χ0n) is 10.6. The topological polar surface area (TPSA) is 66.6 Å². The number of anilines is 1. The van der Waals surface area contributed by atoms with Gasteiger partial charge < -0.3 is 19.9 Å². The molecule has 3 rings (SSSR count). The number of pyridine rings is 1. The van der Waals surface area contributed by atoms with Crippen molar-refractivity contribution in [2.75, 3.05) is 12.5 Å². The Bertz CT molecular complexity index is 634. The van der Waals surface area contributed by atoms with Gasteiger partial charge in [0, 0.05) is 27.5 Å². The Hall–Kier alpha value is -1.79. The molecule has 1 aliphatic rings. The van der Waals surface area contributed by atoms with Crippen molar-refractivity contribution in [3.63, 3.8) is 0 Å². The van der Waals surface area contributed by atoms with Gasteiger partial charge >= 0.3 is 0 Å². The molecule has 0 atom stereocenters. The van der Waals surface area contributed by atoms with Gasteiger partial charge in [-0.1, -0.05) is 0 Å². The summed E-state index contributed by atoms with van der Waals surface area (Å²) in [4.78, 5) is 4.05. The van der Waals surface area contributed by atoms with Gasteiger partial charge in [0.15, 0.2) is 6.79 Å². The lowest BCUT2D eigenvalue weighted by atomic mass is 10.1. The standard InChI is InChI=1S/C14H13BrN2O3/c15-11-3-13(5-17-4-11)19-7-10-2-12(16)1-9-6-18-8-20-14(9)10/h1-5H,6-8,16H2. The first-order valence-electron chi connectivity index (χ1n) is 6.07. The summed E-state index contributed by atoms with van der Waals surface area (Å²) in [6.45, 7) is 1.12. The van der Waals surface area contributed by atoms with Gasteiger partial charge in [-0.25, -0.2) is 0 Å². The minimum Gasteiger partial charge on any atom is -0.487 e. The van der Waals surface area contributed by atoms with Crippen LogP contribution in [0.1, 0.15) is 11.1 Å². The van der Waals surface area contributed by atoms with Crippen molar-refractivity contribution in [1.82, 2.24) is 4.98 Å². The molecule has 6 heteroatoms. The van der Waals surface area contributed by atoms with Gasteiger partial charge in [0.25, 0.3) is 0 Å². The molecule has 104 valence electrons. The van der Waals surface area contributed by atoms with Crippen LogP contribution in [-0.4, -0.2) is 11.8 Å². The summed E-state index contributed by atoms with van der Waals surface area (Å²) in [6.07, 6.45) is 3.36. The average Bonchev–Trinajstić information content (AvgIpc) is 2.44. The number of hydrogen-bond donors (Lipinski definition) is 1. The van der Waals surface area contributed by atoms with Crippen molar-refractivity contribution in [3.8, 4) is 11.5 Å². The largest absolute Gasteiger partial charge is 0.487 e. The second-order valence-electron chi connectivity index (χ2n) is 4.41. The highest BCUT2D eigenvalue weighted by molar-refractivity contribution is 9.10. The van der Waals surface area contributed by atoms with E-state index in [1.807, 2.05) is 18.2 Å². The summed E-state index contributed by atoms with van der Waals surface area (Å²) in [7, 11) is 0. The van der Waals surface area contributed by atoms with Crippen LogP contribution < -0.4 is 15.2 Å². The van der Waals surface area contributed by atoms with Crippen molar-refractivity contribution >= 4 is 21.6 Å². The summed E-state index contributed by atoms with van der Waals surface area (Å²) >= 11 is 3.36. The summed E-state index contributed by atoms with van der Waals surface area (Å²) in [5.74, 6) is 1.48. The number of halogens is 1. The fourth-order valence-electron chi connectivity index (χ4n) is 2.07. The van der Waals surface area contributed by atoms with E-state index in [0.29, 0.717) is 24.7 Å². The molecule has 0 fully saturated rings. The maximum atomic E-state index is 5.89. The normalized spacial score (nSPS) is 13.4. The Morgan fingerprint density at radius 2 is 2.20 bits per heavy atom. The highest BCUT2D eigenvalue weighted by atomic mass is 79.9. The molecule has 0 saturated carbocycles. The van der Waals surface area contributed by atoms with Gasteiger partial charge in [0.05, 0.1) is 12.8 Å². The van der Waals surface area contributed by atoms with Gasteiger partial charge in [-0.3, -0.25) is 4.98 Å². The number of hydrogen-bond acceptors (Lipinski definition) is 5. The van der Waals surface area contributed by atoms with E-state index >= 15 is 0 Å². The molecule has 1 aromatic heterocycles. The molecular formula is C14H13BrN2O3. The highest BCUT2D eigenvalue weighted by Crippen LogP contribution is 2.31. The molecule has 2 aromatic rings. The van der Waals surface area contributed by atoms with Crippen LogP contribution in [0.5, 0.6) is 11.5 Å². The van der Waals surface area contributed by atoms with Gasteiger partial charge in [-0.05, 0) is 34.1 Å². The van der Waals surface area contributed by atoms with Crippen molar-refractivity contribution in [3.05, 3.63) is 46.2 Å².